The molecule has 7 nitrogen and oxygen atoms in total. The van der Waals surface area contributed by atoms with Crippen molar-refractivity contribution < 1.29 is 9.53 Å². The van der Waals surface area contributed by atoms with Crippen LogP contribution in [0.1, 0.15) is 20.2 Å². The van der Waals surface area contributed by atoms with Gasteiger partial charge in [-0.05, 0) is 12.2 Å². The molecule has 2 aromatic heterocycles. The molecule has 0 spiro atoms. The lowest BCUT2D eigenvalue weighted by Gasteiger charge is -2.02. The number of aromatic nitrogens is 3. The van der Waals surface area contributed by atoms with E-state index in [9.17, 15) is 14.4 Å². The second kappa shape index (κ2) is 5.88. The van der Waals surface area contributed by atoms with Gasteiger partial charge in [0.25, 0.3) is 5.56 Å². The summed E-state index contributed by atoms with van der Waals surface area (Å²) >= 11 is 1.15. The number of rotatable bonds is 3. The van der Waals surface area contributed by atoms with Crippen LogP contribution >= 0.6 is 11.3 Å². The second-order valence-corrected chi connectivity index (χ2v) is 5.29. The quantitative estimate of drug-likeness (QED) is 0.771. The van der Waals surface area contributed by atoms with E-state index in [0.717, 1.165) is 15.9 Å². The zero-order chi connectivity index (χ0) is 15.6. The third kappa shape index (κ3) is 3.00. The van der Waals surface area contributed by atoms with Crippen molar-refractivity contribution in [2.24, 2.45) is 14.1 Å². The molecule has 0 radical (unpaired) electrons. The average molecular weight is 307 g/mol. The fourth-order valence-electron chi connectivity index (χ4n) is 1.67. The van der Waals surface area contributed by atoms with Crippen LogP contribution in [0.3, 0.4) is 0 Å². The standard InChI is InChI=1S/C13H13N3O4S/c1-15-7-8(11(17)16(2)13(15)19)4-5-10-14-6-9(21-10)12(18)20-3/h4-7H,1-3H3. The van der Waals surface area contributed by atoms with Crippen LogP contribution in [0.2, 0.25) is 0 Å². The molecule has 2 rings (SSSR count). The van der Waals surface area contributed by atoms with Gasteiger partial charge in [-0.2, -0.15) is 0 Å². The number of nitrogens with zero attached hydrogens (tertiary/aromatic N) is 3. The molecule has 2 aromatic rings. The first-order chi connectivity index (χ1) is 9.93. The fourth-order valence-corrected chi connectivity index (χ4v) is 2.41. The first-order valence-electron chi connectivity index (χ1n) is 5.93. The van der Waals surface area contributed by atoms with Gasteiger partial charge in [-0.25, -0.2) is 14.6 Å². The van der Waals surface area contributed by atoms with Crippen LogP contribution in [0.4, 0.5) is 0 Å². The molecule has 8 heteroatoms. The molecule has 0 saturated heterocycles. The third-order valence-electron chi connectivity index (χ3n) is 2.79. The summed E-state index contributed by atoms with van der Waals surface area (Å²) in [5.74, 6) is -0.454. The van der Waals surface area contributed by atoms with Crippen molar-refractivity contribution in [1.82, 2.24) is 14.1 Å². The Morgan fingerprint density at radius 1 is 1.33 bits per heavy atom. The van der Waals surface area contributed by atoms with Crippen molar-refractivity contribution in [3.63, 3.8) is 0 Å². The Balaban J connectivity index is 2.34. The van der Waals surface area contributed by atoms with Gasteiger partial charge in [-0.1, -0.05) is 0 Å². The Morgan fingerprint density at radius 2 is 2.05 bits per heavy atom. The maximum atomic E-state index is 11.9. The van der Waals surface area contributed by atoms with Crippen LogP contribution in [0.5, 0.6) is 0 Å². The van der Waals surface area contributed by atoms with Crippen molar-refractivity contribution in [3.05, 3.63) is 48.7 Å². The summed E-state index contributed by atoms with van der Waals surface area (Å²) in [6.07, 6.45) is 6.03. The van der Waals surface area contributed by atoms with Crippen LogP contribution in [-0.4, -0.2) is 27.2 Å². The summed E-state index contributed by atoms with van der Waals surface area (Å²) in [5, 5.41) is 0.561. The highest BCUT2D eigenvalue weighted by atomic mass is 32.1. The highest BCUT2D eigenvalue weighted by molar-refractivity contribution is 7.14. The zero-order valence-electron chi connectivity index (χ0n) is 11.7. The predicted molar refractivity (Wildman–Crippen MR) is 79.3 cm³/mol. The first-order valence-corrected chi connectivity index (χ1v) is 6.74. The topological polar surface area (TPSA) is 83.2 Å². The van der Waals surface area contributed by atoms with Crippen LogP contribution in [0.25, 0.3) is 12.2 Å². The van der Waals surface area contributed by atoms with Gasteiger partial charge in [0.1, 0.15) is 9.88 Å². The van der Waals surface area contributed by atoms with E-state index >= 15 is 0 Å². The molecule has 0 aliphatic rings. The highest BCUT2D eigenvalue weighted by Gasteiger charge is 2.09. The lowest BCUT2D eigenvalue weighted by molar-refractivity contribution is 0.0606. The molecule has 0 aliphatic carbocycles. The molecular weight excluding hydrogens is 294 g/mol. The summed E-state index contributed by atoms with van der Waals surface area (Å²) in [5.41, 5.74) is -0.423. The number of aryl methyl sites for hydroxylation is 1. The van der Waals surface area contributed by atoms with Gasteiger partial charge < -0.3 is 9.30 Å². The van der Waals surface area contributed by atoms with E-state index in [4.69, 9.17) is 0 Å². The largest absolute Gasteiger partial charge is 0.465 e. The minimum atomic E-state index is -0.454. The second-order valence-electron chi connectivity index (χ2n) is 4.23. The molecule has 0 aromatic carbocycles. The molecule has 0 aliphatic heterocycles. The maximum Gasteiger partial charge on any atom is 0.349 e. The van der Waals surface area contributed by atoms with Gasteiger partial charge >= 0.3 is 11.7 Å². The molecule has 0 saturated carbocycles. The van der Waals surface area contributed by atoms with E-state index < -0.39 is 5.97 Å². The number of thiazole rings is 1. The highest BCUT2D eigenvalue weighted by Crippen LogP contribution is 2.16. The average Bonchev–Trinajstić information content (AvgIpc) is 2.95. The van der Waals surface area contributed by atoms with Gasteiger partial charge in [0, 0.05) is 20.3 Å². The normalized spacial score (nSPS) is 11.0. The smallest absolute Gasteiger partial charge is 0.349 e. The molecule has 0 amide bonds. The van der Waals surface area contributed by atoms with Gasteiger partial charge in [-0.15, -0.1) is 11.3 Å². The summed E-state index contributed by atoms with van der Waals surface area (Å²) < 4.78 is 6.94. The predicted octanol–water partition coefficient (Wildman–Crippen LogP) is 0.497. The van der Waals surface area contributed by atoms with Crippen LogP contribution < -0.4 is 11.2 Å². The Labute approximate surface area is 123 Å². The number of carbonyl (C=O) groups is 1. The lowest BCUT2D eigenvalue weighted by atomic mass is 10.3. The first kappa shape index (κ1) is 14.9. The van der Waals surface area contributed by atoms with Crippen molar-refractivity contribution in [1.29, 1.82) is 0 Å². The number of carbonyl (C=O) groups excluding carboxylic acids is 1. The number of esters is 1. The summed E-state index contributed by atoms with van der Waals surface area (Å²) in [6.45, 7) is 0. The van der Waals surface area contributed by atoms with Gasteiger partial charge in [0.05, 0.1) is 18.9 Å². The molecular formula is C13H13N3O4S. The molecule has 21 heavy (non-hydrogen) atoms. The van der Waals surface area contributed by atoms with Gasteiger partial charge in [0.2, 0.25) is 0 Å². The van der Waals surface area contributed by atoms with E-state index in [-0.39, 0.29) is 11.2 Å². The Bertz CT molecular complexity index is 829. The Morgan fingerprint density at radius 3 is 2.71 bits per heavy atom. The van der Waals surface area contributed by atoms with E-state index in [0.29, 0.717) is 15.4 Å². The van der Waals surface area contributed by atoms with E-state index in [1.54, 1.807) is 19.2 Å². The summed E-state index contributed by atoms with van der Waals surface area (Å²) in [7, 11) is 4.28. The number of hydrogen-bond acceptors (Lipinski definition) is 6. The number of hydrogen-bond donors (Lipinski definition) is 0. The number of ether oxygens (including phenoxy) is 1. The molecule has 2 heterocycles. The monoisotopic (exact) mass is 307 g/mol. The molecule has 0 unspecified atom stereocenters. The Kier molecular flexibility index (Phi) is 4.18. The van der Waals surface area contributed by atoms with Gasteiger partial charge in [0.15, 0.2) is 0 Å². The SMILES string of the molecule is COC(=O)c1cnc(C=Cc2cn(C)c(=O)n(C)c2=O)s1. The fraction of sp³-hybridized carbons (Fsp3) is 0.231. The number of methoxy groups -OCH3 is 1. The van der Waals surface area contributed by atoms with Crippen LogP contribution in [0, 0.1) is 0 Å². The van der Waals surface area contributed by atoms with E-state index in [2.05, 4.69) is 9.72 Å². The van der Waals surface area contributed by atoms with E-state index in [1.807, 2.05) is 0 Å². The third-order valence-corrected chi connectivity index (χ3v) is 3.73. The van der Waals surface area contributed by atoms with Crippen LogP contribution in [-0.2, 0) is 18.8 Å². The van der Waals surface area contributed by atoms with Crippen molar-refractivity contribution in [3.8, 4) is 0 Å². The van der Waals surface area contributed by atoms with Crippen LogP contribution in [0.15, 0.2) is 22.0 Å². The molecule has 0 bridgehead atoms. The van der Waals surface area contributed by atoms with Crippen molar-refractivity contribution in [2.75, 3.05) is 7.11 Å². The molecule has 110 valence electrons. The molecule has 0 N–H and O–H groups in total. The zero-order valence-corrected chi connectivity index (χ0v) is 12.5. The minimum absolute atomic E-state index is 0.356. The van der Waals surface area contributed by atoms with Crippen molar-refractivity contribution >= 4 is 29.5 Å². The molecule has 0 atom stereocenters. The minimum Gasteiger partial charge on any atom is -0.465 e. The lowest BCUT2D eigenvalue weighted by Crippen LogP contribution is -2.37. The molecule has 0 fully saturated rings. The summed E-state index contributed by atoms with van der Waals surface area (Å²) in [6, 6.07) is 0. The van der Waals surface area contributed by atoms with E-state index in [1.165, 1.54) is 31.1 Å². The van der Waals surface area contributed by atoms with Crippen molar-refractivity contribution in [2.45, 2.75) is 0 Å². The van der Waals surface area contributed by atoms with Gasteiger partial charge in [-0.3, -0.25) is 9.36 Å². The Hall–Kier alpha value is -2.48. The summed E-state index contributed by atoms with van der Waals surface area (Å²) in [4.78, 5) is 39.2. The maximum absolute atomic E-state index is 11.9.